The first-order chi connectivity index (χ1) is 13.4. The first kappa shape index (κ1) is 24.5. The SMILES string of the molecule is CC(C)(C)OC(=O)N[C@@H](CCC(N)=O)C(=O)O/N=C(\N)Cc1ccc(Cl)c(Cl)c1. The predicted molar refractivity (Wildman–Crippen MR) is 109 cm³/mol. The van der Waals surface area contributed by atoms with Gasteiger partial charge in [0.15, 0.2) is 0 Å². The van der Waals surface area contributed by atoms with Gasteiger partial charge in [-0.25, -0.2) is 9.59 Å². The van der Waals surface area contributed by atoms with E-state index in [1.807, 2.05) is 0 Å². The Morgan fingerprint density at radius 1 is 1.17 bits per heavy atom. The van der Waals surface area contributed by atoms with Crippen LogP contribution in [0.3, 0.4) is 0 Å². The molecule has 0 spiro atoms. The third-order valence-electron chi connectivity index (χ3n) is 3.28. The first-order valence-electron chi connectivity index (χ1n) is 8.62. The van der Waals surface area contributed by atoms with Crippen LogP contribution in [-0.2, 0) is 25.6 Å². The molecule has 1 aromatic carbocycles. The number of hydrogen-bond acceptors (Lipinski definition) is 6. The molecule has 2 amide bonds. The summed E-state index contributed by atoms with van der Waals surface area (Å²) in [5.74, 6) is -1.58. The molecule has 1 atom stereocenters. The Kier molecular flexibility index (Phi) is 9.19. The molecule has 0 heterocycles. The van der Waals surface area contributed by atoms with Gasteiger partial charge in [-0.05, 0) is 44.9 Å². The molecule has 0 fully saturated rings. The number of nitrogens with zero attached hydrogens (tertiary/aromatic N) is 1. The van der Waals surface area contributed by atoms with Crippen LogP contribution in [0.1, 0.15) is 39.2 Å². The van der Waals surface area contributed by atoms with Gasteiger partial charge < -0.3 is 26.4 Å². The average Bonchev–Trinajstić information content (AvgIpc) is 2.58. The van der Waals surface area contributed by atoms with E-state index in [0.29, 0.717) is 15.6 Å². The van der Waals surface area contributed by atoms with Crippen molar-refractivity contribution in [3.63, 3.8) is 0 Å². The zero-order chi connectivity index (χ0) is 22.2. The third-order valence-corrected chi connectivity index (χ3v) is 4.02. The predicted octanol–water partition coefficient (Wildman–Crippen LogP) is 2.51. The zero-order valence-electron chi connectivity index (χ0n) is 16.3. The van der Waals surface area contributed by atoms with Crippen LogP contribution in [-0.4, -0.2) is 35.4 Å². The minimum Gasteiger partial charge on any atom is -0.444 e. The number of carbonyl (C=O) groups excluding carboxylic acids is 3. The molecule has 0 aliphatic rings. The summed E-state index contributed by atoms with van der Waals surface area (Å²) in [4.78, 5) is 40.0. The number of amidine groups is 1. The highest BCUT2D eigenvalue weighted by molar-refractivity contribution is 6.42. The summed E-state index contributed by atoms with van der Waals surface area (Å²) in [6.07, 6.45) is -0.944. The molecule has 0 aliphatic heterocycles. The van der Waals surface area contributed by atoms with Crippen LogP contribution in [0, 0.1) is 0 Å². The lowest BCUT2D eigenvalue weighted by Crippen LogP contribution is -2.44. The smallest absolute Gasteiger partial charge is 0.408 e. The number of hydrogen-bond donors (Lipinski definition) is 3. The highest BCUT2D eigenvalue weighted by Crippen LogP contribution is 2.22. The Hall–Kier alpha value is -2.52. The second-order valence-corrected chi connectivity index (χ2v) is 7.94. The monoisotopic (exact) mass is 446 g/mol. The average molecular weight is 447 g/mol. The van der Waals surface area contributed by atoms with Crippen molar-refractivity contribution < 1.29 is 24.0 Å². The van der Waals surface area contributed by atoms with Gasteiger partial charge in [0.25, 0.3) is 0 Å². The molecular formula is C18H24Cl2N4O5. The number of benzene rings is 1. The van der Waals surface area contributed by atoms with Crippen LogP contribution in [0.5, 0.6) is 0 Å². The highest BCUT2D eigenvalue weighted by atomic mass is 35.5. The number of nitrogens with two attached hydrogens (primary N) is 2. The minimum absolute atomic E-state index is 0.0114. The van der Waals surface area contributed by atoms with E-state index < -0.39 is 29.6 Å². The molecule has 0 saturated heterocycles. The Labute approximate surface area is 178 Å². The van der Waals surface area contributed by atoms with E-state index in [2.05, 4.69) is 10.5 Å². The van der Waals surface area contributed by atoms with Gasteiger partial charge in [0.05, 0.1) is 10.0 Å². The van der Waals surface area contributed by atoms with Gasteiger partial charge in [0.2, 0.25) is 5.91 Å². The number of oxime groups is 1. The van der Waals surface area contributed by atoms with Crippen molar-refractivity contribution >= 4 is 47.0 Å². The molecule has 9 nitrogen and oxygen atoms in total. The summed E-state index contributed by atoms with van der Waals surface area (Å²) in [6.45, 7) is 4.99. The quantitative estimate of drug-likeness (QED) is 0.242. The van der Waals surface area contributed by atoms with Crippen LogP contribution in [0.15, 0.2) is 23.4 Å². The number of primary amides is 1. The Bertz CT molecular complexity index is 793. The molecule has 160 valence electrons. The standard InChI is InChI=1S/C18H24Cl2N4O5/c1-18(2,3)28-17(27)23-13(6-7-15(22)25)16(26)29-24-14(21)9-10-4-5-11(19)12(20)8-10/h4-5,8,13H,6-7,9H2,1-3H3,(H2,21,24)(H2,22,25)(H,23,27)/t13-/m0/s1. The lowest BCUT2D eigenvalue weighted by Gasteiger charge is -2.22. The first-order valence-corrected chi connectivity index (χ1v) is 9.38. The lowest BCUT2D eigenvalue weighted by atomic mass is 10.1. The van der Waals surface area contributed by atoms with Crippen molar-refractivity contribution in [2.24, 2.45) is 16.6 Å². The van der Waals surface area contributed by atoms with Crippen LogP contribution in [0.2, 0.25) is 10.0 Å². The van der Waals surface area contributed by atoms with Gasteiger partial charge in [-0.15, -0.1) is 0 Å². The van der Waals surface area contributed by atoms with Crippen molar-refractivity contribution in [1.29, 1.82) is 0 Å². The molecule has 0 aromatic heterocycles. The molecule has 0 unspecified atom stereocenters. The summed E-state index contributed by atoms with van der Waals surface area (Å²) >= 11 is 11.8. The second kappa shape index (κ2) is 10.9. The maximum absolute atomic E-state index is 12.3. The van der Waals surface area contributed by atoms with E-state index in [1.165, 1.54) is 0 Å². The van der Waals surface area contributed by atoms with Crippen LogP contribution < -0.4 is 16.8 Å². The van der Waals surface area contributed by atoms with Crippen molar-refractivity contribution in [2.75, 3.05) is 0 Å². The maximum Gasteiger partial charge on any atom is 0.408 e. The Morgan fingerprint density at radius 3 is 2.38 bits per heavy atom. The number of amides is 2. The number of carbonyl (C=O) groups is 3. The number of ether oxygens (including phenoxy) is 1. The summed E-state index contributed by atoms with van der Waals surface area (Å²) in [7, 11) is 0. The van der Waals surface area contributed by atoms with E-state index in [1.54, 1.807) is 39.0 Å². The van der Waals surface area contributed by atoms with Crippen LogP contribution >= 0.6 is 23.2 Å². The number of alkyl carbamates (subject to hydrolysis) is 1. The minimum atomic E-state index is -1.20. The summed E-state index contributed by atoms with van der Waals surface area (Å²) in [6, 6.07) is 3.70. The van der Waals surface area contributed by atoms with Gasteiger partial charge in [-0.2, -0.15) is 0 Å². The van der Waals surface area contributed by atoms with Crippen molar-refractivity contribution in [1.82, 2.24) is 5.32 Å². The Balaban J connectivity index is 2.75. The van der Waals surface area contributed by atoms with Gasteiger partial charge in [-0.3, -0.25) is 4.79 Å². The number of nitrogens with one attached hydrogen (secondary N) is 1. The second-order valence-electron chi connectivity index (χ2n) is 7.12. The van der Waals surface area contributed by atoms with Gasteiger partial charge in [-0.1, -0.05) is 34.4 Å². The molecular weight excluding hydrogens is 423 g/mol. The fourth-order valence-electron chi connectivity index (χ4n) is 2.04. The highest BCUT2D eigenvalue weighted by Gasteiger charge is 2.26. The van der Waals surface area contributed by atoms with E-state index in [9.17, 15) is 14.4 Å². The fraction of sp³-hybridized carbons (Fsp3) is 0.444. The molecule has 29 heavy (non-hydrogen) atoms. The summed E-state index contributed by atoms with van der Waals surface area (Å²) in [5.41, 5.74) is 10.8. The summed E-state index contributed by atoms with van der Waals surface area (Å²) < 4.78 is 5.09. The van der Waals surface area contributed by atoms with Crippen molar-refractivity contribution in [3.8, 4) is 0 Å². The molecule has 5 N–H and O–H groups in total. The zero-order valence-corrected chi connectivity index (χ0v) is 17.8. The van der Waals surface area contributed by atoms with Gasteiger partial charge in [0, 0.05) is 12.8 Å². The van der Waals surface area contributed by atoms with Gasteiger partial charge >= 0.3 is 12.1 Å². The summed E-state index contributed by atoms with van der Waals surface area (Å²) in [5, 5.41) is 6.63. The largest absolute Gasteiger partial charge is 0.444 e. The molecule has 0 bridgehead atoms. The molecule has 0 radical (unpaired) electrons. The third kappa shape index (κ3) is 10.00. The molecule has 1 aromatic rings. The van der Waals surface area contributed by atoms with E-state index in [-0.39, 0.29) is 25.1 Å². The topological polar surface area (TPSA) is 146 Å². The van der Waals surface area contributed by atoms with E-state index in [0.717, 1.165) is 0 Å². The normalized spacial score (nSPS) is 12.8. The molecule has 11 heteroatoms. The molecule has 0 aliphatic carbocycles. The Morgan fingerprint density at radius 2 is 1.83 bits per heavy atom. The lowest BCUT2D eigenvalue weighted by molar-refractivity contribution is -0.146. The number of rotatable bonds is 8. The van der Waals surface area contributed by atoms with Crippen LogP contribution in [0.25, 0.3) is 0 Å². The number of halogens is 2. The van der Waals surface area contributed by atoms with Crippen molar-refractivity contribution in [2.45, 2.75) is 51.7 Å². The molecule has 0 saturated carbocycles. The fourth-order valence-corrected chi connectivity index (χ4v) is 2.36. The maximum atomic E-state index is 12.3. The van der Waals surface area contributed by atoms with Gasteiger partial charge in [0.1, 0.15) is 17.5 Å². The van der Waals surface area contributed by atoms with Crippen molar-refractivity contribution in [3.05, 3.63) is 33.8 Å². The van der Waals surface area contributed by atoms with E-state index in [4.69, 9.17) is 44.2 Å². The molecule has 1 rings (SSSR count). The van der Waals surface area contributed by atoms with Crippen LogP contribution in [0.4, 0.5) is 4.79 Å². The van der Waals surface area contributed by atoms with E-state index >= 15 is 0 Å².